The number of rotatable bonds is 6. The summed E-state index contributed by atoms with van der Waals surface area (Å²) in [6.45, 7) is 0.796. The minimum absolute atomic E-state index is 0.724. The number of aromatic nitrogens is 2. The van der Waals surface area contributed by atoms with Crippen LogP contribution >= 0.6 is 0 Å². The lowest BCUT2D eigenvalue weighted by molar-refractivity contribution is 0.354. The van der Waals surface area contributed by atoms with Crippen LogP contribution < -0.4 is 9.47 Å². The van der Waals surface area contributed by atoms with E-state index in [1.54, 1.807) is 14.2 Å². The Hall–Kier alpha value is -3.27. The van der Waals surface area contributed by atoms with Gasteiger partial charge in [0.25, 0.3) is 0 Å². The van der Waals surface area contributed by atoms with Crippen molar-refractivity contribution in [1.29, 1.82) is 0 Å². The molecule has 0 saturated heterocycles. The molecule has 0 N–H and O–H groups in total. The Bertz CT molecular complexity index is 1050. The Morgan fingerprint density at radius 3 is 2.30 bits per heavy atom. The Balaban J connectivity index is 1.74. The zero-order valence-electron chi connectivity index (χ0n) is 15.6. The van der Waals surface area contributed by atoms with E-state index in [1.165, 1.54) is 5.56 Å². The van der Waals surface area contributed by atoms with Gasteiger partial charge in [0.15, 0.2) is 11.5 Å². The van der Waals surface area contributed by atoms with Crippen LogP contribution in [0.3, 0.4) is 0 Å². The van der Waals surface area contributed by atoms with E-state index in [1.807, 2.05) is 24.3 Å². The second kappa shape index (κ2) is 7.54. The maximum atomic E-state index is 5.45. The van der Waals surface area contributed by atoms with Crippen LogP contribution in [0.5, 0.6) is 11.5 Å². The van der Waals surface area contributed by atoms with Gasteiger partial charge in [-0.2, -0.15) is 0 Å². The zero-order valence-corrected chi connectivity index (χ0v) is 15.6. The summed E-state index contributed by atoms with van der Waals surface area (Å²) in [5.74, 6) is 2.51. The largest absolute Gasteiger partial charge is 0.493 e. The van der Waals surface area contributed by atoms with Gasteiger partial charge in [-0.05, 0) is 35.4 Å². The molecule has 4 rings (SSSR count). The minimum Gasteiger partial charge on any atom is -0.493 e. The highest BCUT2D eigenvalue weighted by Gasteiger charge is 2.13. The molecule has 0 bridgehead atoms. The molecule has 0 atom stereocenters. The number of imidazole rings is 1. The van der Waals surface area contributed by atoms with Gasteiger partial charge in [0, 0.05) is 13.0 Å². The molecule has 1 aromatic heterocycles. The normalized spacial score (nSPS) is 10.9. The second-order valence-corrected chi connectivity index (χ2v) is 6.45. The number of benzene rings is 3. The molecule has 0 fully saturated rings. The summed E-state index contributed by atoms with van der Waals surface area (Å²) in [6, 6.07) is 24.8. The summed E-state index contributed by atoms with van der Waals surface area (Å²) in [5, 5.41) is 0. The van der Waals surface area contributed by atoms with Crippen molar-refractivity contribution in [2.24, 2.45) is 0 Å². The van der Waals surface area contributed by atoms with Crippen LogP contribution in [0.4, 0.5) is 0 Å². The number of nitrogens with zero attached hydrogens (tertiary/aromatic N) is 2. The highest BCUT2D eigenvalue weighted by molar-refractivity contribution is 5.76. The quantitative estimate of drug-likeness (QED) is 0.501. The van der Waals surface area contributed by atoms with Gasteiger partial charge in [-0.25, -0.2) is 4.98 Å². The molecular formula is C23H22N2O2. The molecule has 4 aromatic rings. The van der Waals surface area contributed by atoms with E-state index >= 15 is 0 Å². The molecule has 0 unspecified atom stereocenters. The highest BCUT2D eigenvalue weighted by atomic mass is 16.5. The maximum Gasteiger partial charge on any atom is 0.161 e. The molecule has 27 heavy (non-hydrogen) atoms. The van der Waals surface area contributed by atoms with Crippen molar-refractivity contribution in [3.63, 3.8) is 0 Å². The summed E-state index contributed by atoms with van der Waals surface area (Å²) in [7, 11) is 3.31. The molecule has 3 aromatic carbocycles. The molecular weight excluding hydrogens is 336 g/mol. The molecule has 1 heterocycles. The molecule has 0 spiro atoms. The van der Waals surface area contributed by atoms with Crippen molar-refractivity contribution < 1.29 is 9.47 Å². The van der Waals surface area contributed by atoms with E-state index in [9.17, 15) is 0 Å². The first-order valence-corrected chi connectivity index (χ1v) is 8.97. The molecule has 0 saturated carbocycles. The van der Waals surface area contributed by atoms with Gasteiger partial charge in [-0.3, -0.25) is 0 Å². The maximum absolute atomic E-state index is 5.45. The van der Waals surface area contributed by atoms with Crippen LogP contribution in [0.1, 0.15) is 17.0 Å². The molecule has 0 aliphatic carbocycles. The average molecular weight is 358 g/mol. The van der Waals surface area contributed by atoms with Crippen LogP contribution in [0.15, 0.2) is 72.8 Å². The van der Waals surface area contributed by atoms with E-state index in [2.05, 4.69) is 53.1 Å². The first kappa shape index (κ1) is 17.2. The number of methoxy groups -OCH3 is 2. The van der Waals surface area contributed by atoms with Crippen LogP contribution in [0.2, 0.25) is 0 Å². The van der Waals surface area contributed by atoms with Crippen LogP contribution in [-0.2, 0) is 13.0 Å². The Morgan fingerprint density at radius 2 is 1.52 bits per heavy atom. The van der Waals surface area contributed by atoms with E-state index in [4.69, 9.17) is 14.5 Å². The summed E-state index contributed by atoms with van der Waals surface area (Å²) >= 11 is 0. The van der Waals surface area contributed by atoms with Gasteiger partial charge in [-0.1, -0.05) is 48.5 Å². The fourth-order valence-corrected chi connectivity index (χ4v) is 3.38. The zero-order chi connectivity index (χ0) is 18.6. The number of para-hydroxylation sites is 2. The molecule has 4 nitrogen and oxygen atoms in total. The van der Waals surface area contributed by atoms with Gasteiger partial charge >= 0.3 is 0 Å². The van der Waals surface area contributed by atoms with Crippen LogP contribution in [-0.4, -0.2) is 23.8 Å². The monoisotopic (exact) mass is 358 g/mol. The first-order chi connectivity index (χ1) is 13.3. The molecule has 0 aliphatic heterocycles. The van der Waals surface area contributed by atoms with Crippen molar-refractivity contribution in [1.82, 2.24) is 9.55 Å². The number of ether oxygens (including phenoxy) is 2. The predicted molar refractivity (Wildman–Crippen MR) is 108 cm³/mol. The van der Waals surface area contributed by atoms with E-state index in [0.717, 1.165) is 46.9 Å². The SMILES string of the molecule is COc1ccc(Cc2nc3ccccc3n2Cc2ccccc2)cc1OC. The third-order valence-electron chi connectivity index (χ3n) is 4.73. The van der Waals surface area contributed by atoms with E-state index < -0.39 is 0 Å². The van der Waals surface area contributed by atoms with E-state index in [-0.39, 0.29) is 0 Å². The van der Waals surface area contributed by atoms with Crippen molar-refractivity contribution >= 4 is 11.0 Å². The summed E-state index contributed by atoms with van der Waals surface area (Å²) < 4.78 is 13.1. The lowest BCUT2D eigenvalue weighted by Gasteiger charge is -2.12. The molecule has 4 heteroatoms. The van der Waals surface area contributed by atoms with Crippen molar-refractivity contribution in [2.75, 3.05) is 14.2 Å². The summed E-state index contributed by atoms with van der Waals surface area (Å²) in [5.41, 5.74) is 4.56. The number of hydrogen-bond donors (Lipinski definition) is 0. The molecule has 136 valence electrons. The lowest BCUT2D eigenvalue weighted by Crippen LogP contribution is -2.06. The Morgan fingerprint density at radius 1 is 0.778 bits per heavy atom. The van der Waals surface area contributed by atoms with Gasteiger partial charge in [0.2, 0.25) is 0 Å². The lowest BCUT2D eigenvalue weighted by atomic mass is 10.1. The molecule has 0 amide bonds. The first-order valence-electron chi connectivity index (χ1n) is 8.97. The highest BCUT2D eigenvalue weighted by Crippen LogP contribution is 2.29. The van der Waals surface area contributed by atoms with Gasteiger partial charge < -0.3 is 14.0 Å². The minimum atomic E-state index is 0.724. The summed E-state index contributed by atoms with van der Waals surface area (Å²) in [4.78, 5) is 4.89. The number of hydrogen-bond acceptors (Lipinski definition) is 3. The number of fused-ring (bicyclic) bond motifs is 1. The smallest absolute Gasteiger partial charge is 0.161 e. The summed E-state index contributed by atoms with van der Waals surface area (Å²) in [6.07, 6.45) is 0.724. The van der Waals surface area contributed by atoms with Crippen LogP contribution in [0, 0.1) is 0 Å². The van der Waals surface area contributed by atoms with Gasteiger partial charge in [-0.15, -0.1) is 0 Å². The fraction of sp³-hybridized carbons (Fsp3) is 0.174. The standard InChI is InChI=1S/C23H22N2O2/c1-26-21-13-12-18(14-22(21)27-2)15-23-24-19-10-6-7-11-20(19)25(23)16-17-8-4-3-5-9-17/h3-14H,15-16H2,1-2H3. The predicted octanol–water partition coefficient (Wildman–Crippen LogP) is 4.69. The third-order valence-corrected chi connectivity index (χ3v) is 4.73. The van der Waals surface area contributed by atoms with Crippen molar-refractivity contribution in [3.05, 3.63) is 89.7 Å². The molecule has 0 radical (unpaired) electrons. The van der Waals surface area contributed by atoms with E-state index in [0.29, 0.717) is 0 Å². The fourth-order valence-electron chi connectivity index (χ4n) is 3.38. The van der Waals surface area contributed by atoms with Crippen molar-refractivity contribution in [2.45, 2.75) is 13.0 Å². The van der Waals surface area contributed by atoms with Gasteiger partial charge in [0.05, 0.1) is 25.3 Å². The third kappa shape index (κ3) is 3.51. The Labute approximate surface area is 159 Å². The van der Waals surface area contributed by atoms with Crippen molar-refractivity contribution in [3.8, 4) is 11.5 Å². The average Bonchev–Trinajstić information content (AvgIpc) is 3.05. The molecule has 0 aliphatic rings. The Kier molecular flexibility index (Phi) is 4.79. The van der Waals surface area contributed by atoms with Crippen LogP contribution in [0.25, 0.3) is 11.0 Å². The topological polar surface area (TPSA) is 36.3 Å². The van der Waals surface area contributed by atoms with Gasteiger partial charge in [0.1, 0.15) is 5.82 Å². The second-order valence-electron chi connectivity index (χ2n) is 6.45.